The second kappa shape index (κ2) is 10.4. The molecule has 47 heavy (non-hydrogen) atoms. The summed E-state index contributed by atoms with van der Waals surface area (Å²) in [6, 6.07) is 38.9. The van der Waals surface area contributed by atoms with Gasteiger partial charge in [0.2, 0.25) is 0 Å². The summed E-state index contributed by atoms with van der Waals surface area (Å²) in [6.07, 6.45) is -4.52. The lowest BCUT2D eigenvalue weighted by Gasteiger charge is -2.21. The van der Waals surface area contributed by atoms with Crippen LogP contribution in [0.3, 0.4) is 0 Å². The SMILES string of the molecule is Cc1cc(-c2ccc(-n3c4ccccc4c4cc(C)ccc43)c(C#N)c2-n2c3ccccc3c3cc(C)ccc32)cc(C(F)(F)F)c1. The third kappa shape index (κ3) is 4.42. The fourth-order valence-corrected chi connectivity index (χ4v) is 7.12. The molecular weight excluding hydrogens is 591 g/mol. The number of fused-ring (bicyclic) bond motifs is 6. The minimum Gasteiger partial charge on any atom is -0.308 e. The second-order valence-corrected chi connectivity index (χ2v) is 12.3. The van der Waals surface area contributed by atoms with Gasteiger partial charge in [-0.25, -0.2) is 0 Å². The topological polar surface area (TPSA) is 33.6 Å². The van der Waals surface area contributed by atoms with Crippen molar-refractivity contribution in [1.82, 2.24) is 9.13 Å². The normalized spacial score (nSPS) is 12.0. The van der Waals surface area contributed by atoms with Crippen molar-refractivity contribution in [3.63, 3.8) is 0 Å². The summed E-state index contributed by atoms with van der Waals surface area (Å²) >= 11 is 0. The lowest BCUT2D eigenvalue weighted by Crippen LogP contribution is -2.08. The molecule has 228 valence electrons. The van der Waals surface area contributed by atoms with Gasteiger partial charge in [-0.3, -0.25) is 0 Å². The van der Waals surface area contributed by atoms with Crippen LogP contribution in [0.4, 0.5) is 13.2 Å². The number of hydrogen-bond donors (Lipinski definition) is 0. The van der Waals surface area contributed by atoms with Gasteiger partial charge >= 0.3 is 6.18 Å². The van der Waals surface area contributed by atoms with Crippen molar-refractivity contribution in [3.8, 4) is 28.6 Å². The lowest BCUT2D eigenvalue weighted by atomic mass is 9.95. The molecule has 0 unspecified atom stereocenters. The Kier molecular flexibility index (Phi) is 6.32. The minimum absolute atomic E-state index is 0.365. The van der Waals surface area contributed by atoms with E-state index in [9.17, 15) is 18.4 Å². The number of benzene rings is 6. The van der Waals surface area contributed by atoms with Crippen molar-refractivity contribution in [2.24, 2.45) is 0 Å². The van der Waals surface area contributed by atoms with Crippen molar-refractivity contribution in [1.29, 1.82) is 5.26 Å². The van der Waals surface area contributed by atoms with E-state index in [1.807, 2.05) is 73.7 Å². The van der Waals surface area contributed by atoms with E-state index in [0.29, 0.717) is 33.6 Å². The van der Waals surface area contributed by atoms with E-state index in [4.69, 9.17) is 0 Å². The average molecular weight is 620 g/mol. The number of aryl methyl sites for hydroxylation is 3. The summed E-state index contributed by atoms with van der Waals surface area (Å²) in [5.41, 5.74) is 8.08. The van der Waals surface area contributed by atoms with Gasteiger partial charge in [-0.1, -0.05) is 71.8 Å². The van der Waals surface area contributed by atoms with Gasteiger partial charge in [0.15, 0.2) is 0 Å². The van der Waals surface area contributed by atoms with Crippen LogP contribution in [0.5, 0.6) is 0 Å². The van der Waals surface area contributed by atoms with Gasteiger partial charge in [0.25, 0.3) is 0 Å². The van der Waals surface area contributed by atoms with E-state index in [0.717, 1.165) is 60.8 Å². The van der Waals surface area contributed by atoms with Crippen LogP contribution in [0.15, 0.2) is 115 Å². The zero-order chi connectivity index (χ0) is 32.6. The third-order valence-electron chi connectivity index (χ3n) is 9.10. The molecule has 6 heteroatoms. The Morgan fingerprint density at radius 2 is 1.11 bits per heavy atom. The average Bonchev–Trinajstić information content (AvgIpc) is 3.55. The largest absolute Gasteiger partial charge is 0.416 e. The van der Waals surface area contributed by atoms with Crippen LogP contribution in [0.1, 0.15) is 27.8 Å². The molecular formula is C41H28F3N3. The molecule has 8 aromatic rings. The molecule has 0 amide bonds. The van der Waals surface area contributed by atoms with Crippen LogP contribution in [0.2, 0.25) is 0 Å². The maximum Gasteiger partial charge on any atom is 0.416 e. The van der Waals surface area contributed by atoms with E-state index >= 15 is 0 Å². The zero-order valence-corrected chi connectivity index (χ0v) is 25.9. The van der Waals surface area contributed by atoms with E-state index in [1.165, 1.54) is 6.07 Å². The third-order valence-corrected chi connectivity index (χ3v) is 9.10. The highest BCUT2D eigenvalue weighted by molar-refractivity contribution is 6.12. The molecule has 8 rings (SSSR count). The lowest BCUT2D eigenvalue weighted by molar-refractivity contribution is -0.137. The Morgan fingerprint density at radius 3 is 1.70 bits per heavy atom. The number of alkyl halides is 3. The van der Waals surface area contributed by atoms with Crippen molar-refractivity contribution < 1.29 is 13.2 Å². The van der Waals surface area contributed by atoms with Crippen LogP contribution in [-0.2, 0) is 6.18 Å². The number of para-hydroxylation sites is 2. The van der Waals surface area contributed by atoms with E-state index in [-0.39, 0.29) is 0 Å². The minimum atomic E-state index is -4.52. The number of aromatic nitrogens is 2. The van der Waals surface area contributed by atoms with Gasteiger partial charge in [0.05, 0.1) is 39.0 Å². The summed E-state index contributed by atoms with van der Waals surface area (Å²) < 4.78 is 46.6. The zero-order valence-electron chi connectivity index (χ0n) is 25.9. The van der Waals surface area contributed by atoms with Gasteiger partial charge in [-0.2, -0.15) is 18.4 Å². The standard InChI is InChI=1S/C41H28F3N3/c1-24-12-15-37-32(20-24)30-8-4-6-10-35(30)46(37)39-17-14-29(27-18-26(3)19-28(22-27)41(42,43)44)40(34(39)23-45)47-36-11-7-5-9-31(36)33-21-25(2)13-16-38(33)47/h4-22H,1-3H3. The fraction of sp³-hybridized carbons (Fsp3) is 0.0976. The van der Waals surface area contributed by atoms with Crippen molar-refractivity contribution >= 4 is 43.6 Å². The Morgan fingerprint density at radius 1 is 0.553 bits per heavy atom. The molecule has 0 aliphatic heterocycles. The first-order valence-electron chi connectivity index (χ1n) is 15.4. The van der Waals surface area contributed by atoms with Crippen LogP contribution >= 0.6 is 0 Å². The first kappa shape index (κ1) is 28.7. The maximum absolute atomic E-state index is 14.2. The summed E-state index contributed by atoms with van der Waals surface area (Å²) in [7, 11) is 0. The van der Waals surface area contributed by atoms with Crippen LogP contribution in [0.25, 0.3) is 66.1 Å². The number of nitrogens with zero attached hydrogens (tertiary/aromatic N) is 3. The molecule has 0 atom stereocenters. The highest BCUT2D eigenvalue weighted by atomic mass is 19.4. The van der Waals surface area contributed by atoms with Crippen LogP contribution in [0, 0.1) is 32.1 Å². The molecule has 0 saturated carbocycles. The van der Waals surface area contributed by atoms with Crippen molar-refractivity contribution in [3.05, 3.63) is 143 Å². The maximum atomic E-state index is 14.2. The van der Waals surface area contributed by atoms with Crippen LogP contribution < -0.4 is 0 Å². The smallest absolute Gasteiger partial charge is 0.308 e. The molecule has 0 aliphatic carbocycles. The van der Waals surface area contributed by atoms with E-state index in [2.05, 4.69) is 52.5 Å². The Hall–Kier alpha value is -5.80. The molecule has 0 fully saturated rings. The first-order valence-corrected chi connectivity index (χ1v) is 15.4. The first-order chi connectivity index (χ1) is 22.6. The molecule has 2 heterocycles. The molecule has 0 radical (unpaired) electrons. The Labute approximate surface area is 269 Å². The molecule has 2 aromatic heterocycles. The fourth-order valence-electron chi connectivity index (χ4n) is 7.12. The second-order valence-electron chi connectivity index (χ2n) is 12.3. The van der Waals surface area contributed by atoms with Gasteiger partial charge in [0.1, 0.15) is 11.6 Å². The number of nitriles is 1. The molecule has 0 aliphatic rings. The molecule has 0 spiro atoms. The summed E-state index contributed by atoms with van der Waals surface area (Å²) in [5.74, 6) is 0. The molecule has 0 N–H and O–H groups in total. The van der Waals surface area contributed by atoms with Crippen molar-refractivity contribution in [2.45, 2.75) is 26.9 Å². The summed E-state index contributed by atoms with van der Waals surface area (Å²) in [5, 5.41) is 15.3. The van der Waals surface area contributed by atoms with Gasteiger partial charge < -0.3 is 9.13 Å². The van der Waals surface area contributed by atoms with Crippen LogP contribution in [-0.4, -0.2) is 9.13 Å². The predicted molar refractivity (Wildman–Crippen MR) is 184 cm³/mol. The van der Waals surface area contributed by atoms with Gasteiger partial charge in [-0.05, 0) is 86.5 Å². The highest BCUT2D eigenvalue weighted by Gasteiger charge is 2.32. The Bertz CT molecular complexity index is 2610. The molecule has 3 nitrogen and oxygen atoms in total. The van der Waals surface area contributed by atoms with E-state index < -0.39 is 11.7 Å². The monoisotopic (exact) mass is 619 g/mol. The Balaban J connectivity index is 1.57. The summed E-state index contributed by atoms with van der Waals surface area (Å²) in [6.45, 7) is 5.76. The number of hydrogen-bond acceptors (Lipinski definition) is 1. The van der Waals surface area contributed by atoms with E-state index in [1.54, 1.807) is 13.0 Å². The quantitative estimate of drug-likeness (QED) is 0.194. The molecule has 6 aromatic carbocycles. The van der Waals surface area contributed by atoms with Gasteiger partial charge in [-0.15, -0.1) is 0 Å². The summed E-state index contributed by atoms with van der Waals surface area (Å²) in [4.78, 5) is 0. The van der Waals surface area contributed by atoms with Gasteiger partial charge in [0, 0.05) is 27.1 Å². The predicted octanol–water partition coefficient (Wildman–Crippen LogP) is 11.4. The molecule has 0 saturated heterocycles. The van der Waals surface area contributed by atoms with Crippen molar-refractivity contribution in [2.75, 3.05) is 0 Å². The number of halogens is 3. The molecule has 0 bridgehead atoms. The highest BCUT2D eigenvalue weighted by Crippen LogP contribution is 2.43. The number of rotatable bonds is 3.